The molecule has 0 aliphatic heterocycles. The fourth-order valence-electron chi connectivity index (χ4n) is 1.34. The van der Waals surface area contributed by atoms with Crippen LogP contribution in [0.2, 0.25) is 0 Å². The number of carbonyl (C=O) groups is 1. The molecule has 1 aliphatic carbocycles. The van der Waals surface area contributed by atoms with Crippen LogP contribution in [0.4, 0.5) is 4.39 Å². The lowest BCUT2D eigenvalue weighted by Crippen LogP contribution is -2.21. The van der Waals surface area contributed by atoms with E-state index in [1.54, 1.807) is 13.8 Å². The minimum Gasteiger partial charge on any atom is -0.459 e. The molecule has 0 spiro atoms. The average molecular weight is 249 g/mol. The third-order valence-corrected chi connectivity index (χ3v) is 2.52. The minimum atomic E-state index is -0.759. The first-order valence-electron chi connectivity index (χ1n) is 4.96. The summed E-state index contributed by atoms with van der Waals surface area (Å²) >= 11 is 5.74. The quantitative estimate of drug-likeness (QED) is 0.721. The van der Waals surface area contributed by atoms with Crippen molar-refractivity contribution in [2.45, 2.75) is 32.5 Å². The number of hydrogen-bond acceptors (Lipinski definition) is 3. The van der Waals surface area contributed by atoms with Crippen LogP contribution in [0.25, 0.3) is 0 Å². The topological polar surface area (TPSA) is 35.5 Å². The van der Waals surface area contributed by atoms with E-state index >= 15 is 0 Å². The zero-order valence-electron chi connectivity index (χ0n) is 9.42. The van der Waals surface area contributed by atoms with E-state index in [0.717, 1.165) is 0 Å². The summed E-state index contributed by atoms with van der Waals surface area (Å²) in [7, 11) is 1.44. The van der Waals surface area contributed by atoms with E-state index in [-0.39, 0.29) is 16.7 Å². The molecule has 0 aromatic carbocycles. The Bertz CT molecular complexity index is 347. The number of ether oxygens (including phenoxy) is 2. The van der Waals surface area contributed by atoms with Crippen molar-refractivity contribution < 1.29 is 18.7 Å². The lowest BCUT2D eigenvalue weighted by Gasteiger charge is -2.19. The largest absolute Gasteiger partial charge is 0.459 e. The molecule has 0 bridgehead atoms. The molecule has 0 amide bonds. The second kappa shape index (κ2) is 5.46. The molecule has 5 heteroatoms. The first-order chi connectivity index (χ1) is 7.47. The molecule has 0 fully saturated rings. The Morgan fingerprint density at radius 1 is 1.62 bits per heavy atom. The summed E-state index contributed by atoms with van der Waals surface area (Å²) < 4.78 is 23.5. The highest BCUT2D eigenvalue weighted by Gasteiger charge is 2.28. The van der Waals surface area contributed by atoms with Crippen LogP contribution in [-0.4, -0.2) is 25.3 Å². The van der Waals surface area contributed by atoms with E-state index in [9.17, 15) is 9.18 Å². The zero-order chi connectivity index (χ0) is 12.3. The van der Waals surface area contributed by atoms with Crippen LogP contribution in [0.5, 0.6) is 0 Å². The second-order valence-corrected chi connectivity index (χ2v) is 4.10. The van der Waals surface area contributed by atoms with Crippen molar-refractivity contribution in [3.05, 3.63) is 22.5 Å². The Hall–Kier alpha value is -0.870. The van der Waals surface area contributed by atoms with Gasteiger partial charge in [0.15, 0.2) is 5.83 Å². The normalized spacial score (nSPS) is 21.1. The molecule has 0 aromatic rings. The summed E-state index contributed by atoms with van der Waals surface area (Å²) in [6.45, 7) is 3.39. The zero-order valence-corrected chi connectivity index (χ0v) is 10.2. The number of esters is 1. The molecule has 90 valence electrons. The fraction of sp³-hybridized carbons (Fsp3) is 0.545. The van der Waals surface area contributed by atoms with Crippen LogP contribution >= 0.6 is 11.6 Å². The number of hydrogen-bond donors (Lipinski definition) is 0. The van der Waals surface area contributed by atoms with E-state index in [1.807, 2.05) is 0 Å². The maximum absolute atomic E-state index is 13.7. The molecule has 0 heterocycles. The molecule has 0 saturated heterocycles. The predicted octanol–water partition coefficient (Wildman–Crippen LogP) is 2.70. The second-order valence-electron chi connectivity index (χ2n) is 3.69. The van der Waals surface area contributed by atoms with Crippen molar-refractivity contribution in [3.63, 3.8) is 0 Å². The third-order valence-electron chi connectivity index (χ3n) is 2.11. The van der Waals surface area contributed by atoms with E-state index in [2.05, 4.69) is 0 Å². The van der Waals surface area contributed by atoms with Gasteiger partial charge in [-0.05, 0) is 20.3 Å². The monoisotopic (exact) mass is 248 g/mol. The van der Waals surface area contributed by atoms with Crippen molar-refractivity contribution in [1.82, 2.24) is 0 Å². The van der Waals surface area contributed by atoms with Gasteiger partial charge in [0.25, 0.3) is 0 Å². The molecule has 0 radical (unpaired) electrons. The molecule has 1 unspecified atom stereocenters. The Morgan fingerprint density at radius 3 is 2.75 bits per heavy atom. The Morgan fingerprint density at radius 2 is 2.25 bits per heavy atom. The maximum atomic E-state index is 13.7. The fourth-order valence-corrected chi connectivity index (χ4v) is 1.62. The number of methoxy groups -OCH3 is 1. The van der Waals surface area contributed by atoms with Gasteiger partial charge < -0.3 is 9.47 Å². The van der Waals surface area contributed by atoms with E-state index in [0.29, 0.717) is 6.42 Å². The van der Waals surface area contributed by atoms with Gasteiger partial charge in [0, 0.05) is 7.11 Å². The minimum absolute atomic E-state index is 0.0827. The highest BCUT2D eigenvalue weighted by atomic mass is 35.5. The highest BCUT2D eigenvalue weighted by Crippen LogP contribution is 2.31. The van der Waals surface area contributed by atoms with E-state index in [1.165, 1.54) is 13.2 Å². The van der Waals surface area contributed by atoms with Crippen LogP contribution in [0.1, 0.15) is 20.3 Å². The summed E-state index contributed by atoms with van der Waals surface area (Å²) in [5, 5.41) is -0.0827. The first kappa shape index (κ1) is 13.2. The Balaban J connectivity index is 2.85. The van der Waals surface area contributed by atoms with Gasteiger partial charge in [-0.1, -0.05) is 17.7 Å². The van der Waals surface area contributed by atoms with Gasteiger partial charge in [-0.25, -0.2) is 9.18 Å². The molecular weight excluding hydrogens is 235 g/mol. The summed E-state index contributed by atoms with van der Waals surface area (Å²) in [5.74, 6) is -1.45. The number of carbonyl (C=O) groups excluding carboxylic acids is 1. The van der Waals surface area contributed by atoms with Gasteiger partial charge in [0.2, 0.25) is 0 Å². The van der Waals surface area contributed by atoms with Crippen molar-refractivity contribution >= 4 is 17.6 Å². The lowest BCUT2D eigenvalue weighted by molar-refractivity contribution is -0.142. The van der Waals surface area contributed by atoms with Crippen molar-refractivity contribution in [2.24, 2.45) is 0 Å². The number of halogens is 2. The Labute approximate surface area is 98.9 Å². The smallest absolute Gasteiger partial charge is 0.341 e. The van der Waals surface area contributed by atoms with Crippen LogP contribution in [0, 0.1) is 0 Å². The SMILES string of the molecule is COC1CC=C(C(=O)OC(C)C)C(F)=C1Cl. The van der Waals surface area contributed by atoms with Gasteiger partial charge >= 0.3 is 5.97 Å². The molecule has 1 atom stereocenters. The van der Waals surface area contributed by atoms with Gasteiger partial charge in [0.05, 0.1) is 22.8 Å². The third kappa shape index (κ3) is 2.83. The van der Waals surface area contributed by atoms with Gasteiger partial charge in [0.1, 0.15) is 0 Å². The van der Waals surface area contributed by atoms with Crippen LogP contribution in [0.15, 0.2) is 22.5 Å². The summed E-state index contributed by atoms with van der Waals surface area (Å²) in [4.78, 5) is 11.5. The lowest BCUT2D eigenvalue weighted by atomic mass is 10.0. The Kier molecular flexibility index (Phi) is 4.50. The van der Waals surface area contributed by atoms with Gasteiger partial charge in [-0.15, -0.1) is 0 Å². The highest BCUT2D eigenvalue weighted by molar-refractivity contribution is 6.31. The van der Waals surface area contributed by atoms with E-state index in [4.69, 9.17) is 21.1 Å². The molecular formula is C11H14ClFO3. The van der Waals surface area contributed by atoms with Gasteiger partial charge in [-0.3, -0.25) is 0 Å². The van der Waals surface area contributed by atoms with Crippen LogP contribution < -0.4 is 0 Å². The van der Waals surface area contributed by atoms with Crippen molar-refractivity contribution in [1.29, 1.82) is 0 Å². The van der Waals surface area contributed by atoms with Crippen molar-refractivity contribution in [2.75, 3.05) is 7.11 Å². The molecule has 16 heavy (non-hydrogen) atoms. The van der Waals surface area contributed by atoms with Crippen LogP contribution in [-0.2, 0) is 14.3 Å². The molecule has 1 rings (SSSR count). The molecule has 0 aromatic heterocycles. The van der Waals surface area contributed by atoms with Crippen LogP contribution in [0.3, 0.4) is 0 Å². The predicted molar refractivity (Wildman–Crippen MR) is 58.7 cm³/mol. The molecule has 0 N–H and O–H groups in total. The van der Waals surface area contributed by atoms with Crippen molar-refractivity contribution in [3.8, 4) is 0 Å². The molecule has 0 saturated carbocycles. The first-order valence-corrected chi connectivity index (χ1v) is 5.34. The molecule has 1 aliphatic rings. The summed E-state index contributed by atoms with van der Waals surface area (Å²) in [6.07, 6.45) is 1.00. The van der Waals surface area contributed by atoms with E-state index < -0.39 is 17.9 Å². The maximum Gasteiger partial charge on any atom is 0.341 e. The summed E-state index contributed by atoms with van der Waals surface area (Å²) in [5.41, 5.74) is -0.119. The summed E-state index contributed by atoms with van der Waals surface area (Å²) in [6, 6.07) is 0. The van der Waals surface area contributed by atoms with Gasteiger partial charge in [-0.2, -0.15) is 0 Å². The number of rotatable bonds is 3. The average Bonchev–Trinajstić information content (AvgIpc) is 2.20. The molecule has 3 nitrogen and oxygen atoms in total. The standard InChI is InChI=1S/C11H14ClFO3/c1-6(2)16-11(14)7-4-5-8(15-3)9(12)10(7)13/h4,6,8H,5H2,1-3H3.